The Bertz CT molecular complexity index is 527. The van der Waals surface area contributed by atoms with E-state index in [0.717, 1.165) is 20.5 Å². The predicted octanol–water partition coefficient (Wildman–Crippen LogP) is 4.53. The van der Waals surface area contributed by atoms with Gasteiger partial charge in [0, 0.05) is 10.2 Å². The van der Waals surface area contributed by atoms with Gasteiger partial charge in [-0.25, -0.2) is 4.98 Å². The number of anilines is 1. The molecule has 0 aliphatic carbocycles. The molecule has 88 valence electrons. The number of hydrogen-bond acceptors (Lipinski definition) is 2. The Hall–Kier alpha value is -0.870. The van der Waals surface area contributed by atoms with Gasteiger partial charge in [0.15, 0.2) is 0 Å². The summed E-state index contributed by atoms with van der Waals surface area (Å²) >= 11 is 6.91. The molecule has 0 radical (unpaired) electrons. The van der Waals surface area contributed by atoms with Gasteiger partial charge in [0.1, 0.15) is 4.60 Å². The van der Waals surface area contributed by atoms with Crippen molar-refractivity contribution < 1.29 is 0 Å². The van der Waals surface area contributed by atoms with Crippen LogP contribution in [0, 0.1) is 6.92 Å². The lowest BCUT2D eigenvalue weighted by Crippen LogP contribution is -2.02. The molecule has 4 heteroatoms. The highest BCUT2D eigenvalue weighted by Crippen LogP contribution is 2.23. The standard InChI is InChI=1S/C13H12Br2N2/c1-9-5-6-12(11(14)7-9)16-8-10-3-2-4-13(15)17-10/h2-7,16H,8H2,1H3. The topological polar surface area (TPSA) is 24.9 Å². The summed E-state index contributed by atoms with van der Waals surface area (Å²) in [7, 11) is 0. The van der Waals surface area contributed by atoms with Crippen molar-refractivity contribution in [3.63, 3.8) is 0 Å². The number of aromatic nitrogens is 1. The van der Waals surface area contributed by atoms with Gasteiger partial charge in [-0.15, -0.1) is 0 Å². The molecule has 0 fully saturated rings. The third kappa shape index (κ3) is 3.54. The highest BCUT2D eigenvalue weighted by atomic mass is 79.9. The summed E-state index contributed by atoms with van der Waals surface area (Å²) in [4.78, 5) is 4.37. The Balaban J connectivity index is 2.07. The summed E-state index contributed by atoms with van der Waals surface area (Å²) < 4.78 is 1.94. The van der Waals surface area contributed by atoms with E-state index in [-0.39, 0.29) is 0 Å². The minimum Gasteiger partial charge on any atom is -0.378 e. The molecule has 0 bridgehead atoms. The van der Waals surface area contributed by atoms with Crippen molar-refractivity contribution in [2.75, 3.05) is 5.32 Å². The van der Waals surface area contributed by atoms with Gasteiger partial charge >= 0.3 is 0 Å². The van der Waals surface area contributed by atoms with Crippen LogP contribution in [0.1, 0.15) is 11.3 Å². The maximum absolute atomic E-state index is 4.37. The van der Waals surface area contributed by atoms with Crippen LogP contribution in [0.4, 0.5) is 5.69 Å². The summed E-state index contributed by atoms with van der Waals surface area (Å²) in [6, 6.07) is 12.2. The molecule has 0 saturated heterocycles. The number of hydrogen-bond donors (Lipinski definition) is 1. The third-order valence-corrected chi connectivity index (χ3v) is 3.46. The Kier molecular flexibility index (Phi) is 4.18. The Labute approximate surface area is 118 Å². The number of pyridine rings is 1. The monoisotopic (exact) mass is 354 g/mol. The third-order valence-electron chi connectivity index (χ3n) is 2.36. The number of nitrogens with zero attached hydrogens (tertiary/aromatic N) is 1. The first-order chi connectivity index (χ1) is 8.15. The van der Waals surface area contributed by atoms with E-state index in [0.29, 0.717) is 6.54 Å². The molecule has 0 unspecified atom stereocenters. The van der Waals surface area contributed by atoms with Crippen LogP contribution < -0.4 is 5.32 Å². The molecule has 1 aromatic carbocycles. The second-order valence-corrected chi connectivity index (χ2v) is 5.46. The van der Waals surface area contributed by atoms with E-state index in [1.165, 1.54) is 5.56 Å². The molecule has 2 rings (SSSR count). The SMILES string of the molecule is Cc1ccc(NCc2cccc(Br)n2)c(Br)c1. The molecule has 0 aliphatic rings. The maximum atomic E-state index is 4.37. The van der Waals surface area contributed by atoms with E-state index >= 15 is 0 Å². The first-order valence-corrected chi connectivity index (χ1v) is 6.85. The van der Waals surface area contributed by atoms with Gasteiger partial charge in [-0.05, 0) is 68.6 Å². The van der Waals surface area contributed by atoms with E-state index in [2.05, 4.69) is 67.3 Å². The molecular formula is C13H12Br2N2. The molecule has 1 N–H and O–H groups in total. The average molecular weight is 356 g/mol. The molecule has 2 aromatic rings. The van der Waals surface area contributed by atoms with Crippen LogP contribution in [0.25, 0.3) is 0 Å². The number of rotatable bonds is 3. The van der Waals surface area contributed by atoms with Crippen LogP contribution in [-0.2, 0) is 6.54 Å². The second kappa shape index (κ2) is 5.65. The van der Waals surface area contributed by atoms with Gasteiger partial charge in [0.25, 0.3) is 0 Å². The molecule has 0 saturated carbocycles. The first kappa shape index (κ1) is 12.6. The summed E-state index contributed by atoms with van der Waals surface area (Å²) in [5.41, 5.74) is 3.33. The van der Waals surface area contributed by atoms with Crippen molar-refractivity contribution in [1.82, 2.24) is 4.98 Å². The van der Waals surface area contributed by atoms with E-state index in [9.17, 15) is 0 Å². The molecule has 0 spiro atoms. The van der Waals surface area contributed by atoms with Crippen LogP contribution in [-0.4, -0.2) is 4.98 Å². The Morgan fingerprint density at radius 1 is 1.18 bits per heavy atom. The Morgan fingerprint density at radius 2 is 2.00 bits per heavy atom. The summed E-state index contributed by atoms with van der Waals surface area (Å²) in [5, 5.41) is 3.35. The van der Waals surface area contributed by atoms with Crippen molar-refractivity contribution >= 4 is 37.5 Å². The zero-order chi connectivity index (χ0) is 12.3. The maximum Gasteiger partial charge on any atom is 0.106 e. The fraction of sp³-hybridized carbons (Fsp3) is 0.154. The van der Waals surface area contributed by atoms with Crippen molar-refractivity contribution in [2.45, 2.75) is 13.5 Å². The number of halogens is 2. The van der Waals surface area contributed by atoms with Crippen molar-refractivity contribution in [3.8, 4) is 0 Å². The summed E-state index contributed by atoms with van der Waals surface area (Å²) in [6.07, 6.45) is 0. The number of aryl methyl sites for hydroxylation is 1. The van der Waals surface area contributed by atoms with Crippen LogP contribution >= 0.6 is 31.9 Å². The van der Waals surface area contributed by atoms with Gasteiger partial charge in [-0.1, -0.05) is 12.1 Å². The summed E-state index contributed by atoms with van der Waals surface area (Å²) in [6.45, 7) is 2.78. The molecule has 2 nitrogen and oxygen atoms in total. The Morgan fingerprint density at radius 3 is 2.71 bits per heavy atom. The van der Waals surface area contributed by atoms with Crippen molar-refractivity contribution in [1.29, 1.82) is 0 Å². The lowest BCUT2D eigenvalue weighted by molar-refractivity contribution is 1.03. The van der Waals surface area contributed by atoms with Crippen LogP contribution in [0.5, 0.6) is 0 Å². The van der Waals surface area contributed by atoms with E-state index in [1.807, 2.05) is 18.2 Å². The fourth-order valence-corrected chi connectivity index (χ4v) is 2.51. The van der Waals surface area contributed by atoms with Gasteiger partial charge in [-0.2, -0.15) is 0 Å². The van der Waals surface area contributed by atoms with Crippen LogP contribution in [0.2, 0.25) is 0 Å². The zero-order valence-electron chi connectivity index (χ0n) is 9.37. The quantitative estimate of drug-likeness (QED) is 0.818. The van der Waals surface area contributed by atoms with Gasteiger partial charge < -0.3 is 5.32 Å². The zero-order valence-corrected chi connectivity index (χ0v) is 12.5. The molecule has 0 aliphatic heterocycles. The largest absolute Gasteiger partial charge is 0.378 e. The lowest BCUT2D eigenvalue weighted by atomic mass is 10.2. The lowest BCUT2D eigenvalue weighted by Gasteiger charge is -2.09. The molecule has 1 heterocycles. The van der Waals surface area contributed by atoms with Gasteiger partial charge in [-0.3, -0.25) is 0 Å². The van der Waals surface area contributed by atoms with Crippen LogP contribution in [0.15, 0.2) is 45.5 Å². The highest BCUT2D eigenvalue weighted by Gasteiger charge is 2.00. The minimum atomic E-state index is 0.709. The normalized spacial score (nSPS) is 10.3. The second-order valence-electron chi connectivity index (χ2n) is 3.79. The minimum absolute atomic E-state index is 0.709. The molecule has 17 heavy (non-hydrogen) atoms. The van der Waals surface area contributed by atoms with E-state index in [4.69, 9.17) is 0 Å². The number of nitrogens with one attached hydrogen (secondary N) is 1. The van der Waals surface area contributed by atoms with E-state index < -0.39 is 0 Å². The molecule has 0 atom stereocenters. The fourth-order valence-electron chi connectivity index (χ4n) is 1.50. The van der Waals surface area contributed by atoms with Crippen molar-refractivity contribution in [3.05, 3.63) is 56.7 Å². The molecular weight excluding hydrogens is 344 g/mol. The van der Waals surface area contributed by atoms with E-state index in [1.54, 1.807) is 0 Å². The number of benzene rings is 1. The van der Waals surface area contributed by atoms with Gasteiger partial charge in [0.2, 0.25) is 0 Å². The predicted molar refractivity (Wildman–Crippen MR) is 78.1 cm³/mol. The van der Waals surface area contributed by atoms with Gasteiger partial charge in [0.05, 0.1) is 12.2 Å². The summed E-state index contributed by atoms with van der Waals surface area (Å²) in [5.74, 6) is 0. The average Bonchev–Trinajstić information content (AvgIpc) is 2.28. The molecule has 0 amide bonds. The molecule has 1 aromatic heterocycles. The van der Waals surface area contributed by atoms with Crippen LogP contribution in [0.3, 0.4) is 0 Å². The highest BCUT2D eigenvalue weighted by molar-refractivity contribution is 9.10. The van der Waals surface area contributed by atoms with Crippen molar-refractivity contribution in [2.24, 2.45) is 0 Å². The first-order valence-electron chi connectivity index (χ1n) is 5.26. The smallest absolute Gasteiger partial charge is 0.106 e.